The van der Waals surface area contributed by atoms with E-state index in [1.165, 1.54) is 0 Å². The van der Waals surface area contributed by atoms with E-state index in [0.29, 0.717) is 6.42 Å². The second-order valence-corrected chi connectivity index (χ2v) is 7.34. The molecule has 2 fully saturated rings. The predicted octanol–water partition coefficient (Wildman–Crippen LogP) is 1.37. The first-order valence-electron chi connectivity index (χ1n) is 8.47. The molecule has 1 aromatic rings. The Kier molecular flexibility index (Phi) is 3.41. The quantitative estimate of drug-likeness (QED) is 0.778. The molecule has 25 heavy (non-hydrogen) atoms. The van der Waals surface area contributed by atoms with Gasteiger partial charge in [0.2, 0.25) is 5.91 Å². The highest BCUT2D eigenvalue weighted by Crippen LogP contribution is 2.56. The largest absolute Gasteiger partial charge is 0.550 e. The molecule has 3 heterocycles. The Balaban J connectivity index is 1.85. The molecule has 130 valence electrons. The van der Waals surface area contributed by atoms with Gasteiger partial charge in [-0.1, -0.05) is 29.9 Å². The van der Waals surface area contributed by atoms with E-state index >= 15 is 0 Å². The third-order valence-corrected chi connectivity index (χ3v) is 5.52. The van der Waals surface area contributed by atoms with Gasteiger partial charge >= 0.3 is 0 Å². The van der Waals surface area contributed by atoms with Gasteiger partial charge in [0, 0.05) is 17.6 Å². The van der Waals surface area contributed by atoms with E-state index in [9.17, 15) is 14.7 Å². The number of hydrogen-bond donors (Lipinski definition) is 0. The molecule has 0 saturated carbocycles. The number of carboxylic acid groups (broad SMARTS) is 1. The van der Waals surface area contributed by atoms with Crippen molar-refractivity contribution in [3.63, 3.8) is 0 Å². The number of anilines is 1. The summed E-state index contributed by atoms with van der Waals surface area (Å²) < 4.78 is 6.09. The van der Waals surface area contributed by atoms with E-state index in [-0.39, 0.29) is 11.9 Å². The SMILES string of the molecule is C=C(C)C[C@@H]1N(c2cccc(C)c2)C(=O)[C@H]2[C@@H](C(=O)[O-])[C@@H]3C=C[C@@]12O3. The van der Waals surface area contributed by atoms with Crippen LogP contribution in [0.4, 0.5) is 5.69 Å². The normalized spacial score (nSPS) is 35.3. The molecule has 1 aromatic carbocycles. The molecule has 2 bridgehead atoms. The van der Waals surface area contributed by atoms with Gasteiger partial charge in [0.15, 0.2) is 0 Å². The maximum absolute atomic E-state index is 13.3. The summed E-state index contributed by atoms with van der Waals surface area (Å²) in [4.78, 5) is 26.7. The summed E-state index contributed by atoms with van der Waals surface area (Å²) in [6.45, 7) is 7.86. The number of benzene rings is 1. The van der Waals surface area contributed by atoms with Gasteiger partial charge in [-0.15, -0.1) is 6.58 Å². The standard InChI is InChI=1S/C20H21NO4/c1-11(2)9-15-20-8-7-14(25-20)16(19(23)24)17(20)18(22)21(15)13-6-4-5-12(3)10-13/h4-8,10,14-17H,1,9H2,2-3H3,(H,23,24)/p-1/t14-,15-,16-,17+,20+/m0/s1. The smallest absolute Gasteiger partial charge is 0.234 e. The third-order valence-electron chi connectivity index (χ3n) is 5.52. The molecule has 3 aliphatic heterocycles. The summed E-state index contributed by atoms with van der Waals surface area (Å²) in [6.07, 6.45) is 3.59. The fourth-order valence-electron chi connectivity index (χ4n) is 4.58. The molecule has 5 atom stereocenters. The van der Waals surface area contributed by atoms with Gasteiger partial charge in [0.05, 0.1) is 18.1 Å². The minimum Gasteiger partial charge on any atom is -0.550 e. The maximum atomic E-state index is 13.3. The van der Waals surface area contributed by atoms with Gasteiger partial charge in [-0.05, 0) is 38.0 Å². The molecule has 0 N–H and O–H groups in total. The van der Waals surface area contributed by atoms with Gasteiger partial charge in [-0.3, -0.25) is 4.79 Å². The van der Waals surface area contributed by atoms with E-state index in [0.717, 1.165) is 16.8 Å². The number of carbonyl (C=O) groups excluding carboxylic acids is 2. The molecular weight excluding hydrogens is 318 g/mol. The summed E-state index contributed by atoms with van der Waals surface area (Å²) in [5.74, 6) is -3.13. The van der Waals surface area contributed by atoms with Crippen LogP contribution < -0.4 is 10.0 Å². The van der Waals surface area contributed by atoms with Gasteiger partial charge < -0.3 is 19.5 Å². The monoisotopic (exact) mass is 338 g/mol. The summed E-state index contributed by atoms with van der Waals surface area (Å²) in [6, 6.07) is 7.35. The molecule has 3 aliphatic rings. The van der Waals surface area contributed by atoms with E-state index in [1.54, 1.807) is 11.0 Å². The molecular formula is C20H20NO4-. The van der Waals surface area contributed by atoms with E-state index in [1.807, 2.05) is 44.2 Å². The second kappa shape index (κ2) is 5.30. The summed E-state index contributed by atoms with van der Waals surface area (Å²) in [5, 5.41) is 11.7. The van der Waals surface area contributed by atoms with Crippen molar-refractivity contribution in [2.24, 2.45) is 11.8 Å². The molecule has 1 spiro atoms. The molecule has 5 heteroatoms. The number of carbonyl (C=O) groups is 2. The van der Waals surface area contributed by atoms with Crippen molar-refractivity contribution in [3.8, 4) is 0 Å². The highest BCUT2D eigenvalue weighted by atomic mass is 16.5. The van der Waals surface area contributed by atoms with Crippen LogP contribution in [0.3, 0.4) is 0 Å². The lowest BCUT2D eigenvalue weighted by Gasteiger charge is -2.33. The van der Waals surface area contributed by atoms with Crippen LogP contribution >= 0.6 is 0 Å². The van der Waals surface area contributed by atoms with Crippen molar-refractivity contribution >= 4 is 17.6 Å². The number of ether oxygens (including phenoxy) is 1. The first kappa shape index (κ1) is 16.1. The van der Waals surface area contributed by atoms with Gasteiger partial charge in [-0.2, -0.15) is 0 Å². The van der Waals surface area contributed by atoms with Crippen molar-refractivity contribution in [2.75, 3.05) is 4.90 Å². The van der Waals surface area contributed by atoms with E-state index in [2.05, 4.69) is 6.58 Å². The van der Waals surface area contributed by atoms with Gasteiger partial charge in [-0.25, -0.2) is 0 Å². The average Bonchev–Trinajstić information content (AvgIpc) is 3.16. The van der Waals surface area contributed by atoms with Crippen molar-refractivity contribution in [2.45, 2.75) is 38.0 Å². The van der Waals surface area contributed by atoms with E-state index in [4.69, 9.17) is 4.74 Å². The topological polar surface area (TPSA) is 69.7 Å². The Morgan fingerprint density at radius 1 is 1.44 bits per heavy atom. The second-order valence-electron chi connectivity index (χ2n) is 7.34. The van der Waals surface area contributed by atoms with Crippen LogP contribution in [0.2, 0.25) is 0 Å². The maximum Gasteiger partial charge on any atom is 0.234 e. The van der Waals surface area contributed by atoms with E-state index < -0.39 is 29.5 Å². The first-order chi connectivity index (χ1) is 11.8. The molecule has 0 aliphatic carbocycles. The lowest BCUT2D eigenvalue weighted by Crippen LogP contribution is -2.46. The number of hydrogen-bond acceptors (Lipinski definition) is 4. The zero-order valence-corrected chi connectivity index (χ0v) is 14.3. The minimum absolute atomic E-state index is 0.210. The number of nitrogens with zero attached hydrogens (tertiary/aromatic N) is 1. The molecule has 0 radical (unpaired) electrons. The lowest BCUT2D eigenvalue weighted by molar-refractivity contribution is -0.313. The van der Waals surface area contributed by atoms with Crippen LogP contribution in [-0.4, -0.2) is 29.6 Å². The number of amides is 1. The highest BCUT2D eigenvalue weighted by Gasteiger charge is 2.69. The predicted molar refractivity (Wildman–Crippen MR) is 90.6 cm³/mol. The first-order valence-corrected chi connectivity index (χ1v) is 8.47. The fourth-order valence-corrected chi connectivity index (χ4v) is 4.58. The van der Waals surface area contributed by atoms with Crippen molar-refractivity contribution in [1.82, 2.24) is 0 Å². The number of aliphatic carboxylic acids is 1. The molecule has 4 rings (SSSR count). The fraction of sp³-hybridized carbons (Fsp3) is 0.400. The Bertz CT molecular complexity index is 814. The Morgan fingerprint density at radius 2 is 2.20 bits per heavy atom. The van der Waals surface area contributed by atoms with Crippen molar-refractivity contribution < 1.29 is 19.4 Å². The summed E-state index contributed by atoms with van der Waals surface area (Å²) >= 11 is 0. The average molecular weight is 338 g/mol. The Morgan fingerprint density at radius 3 is 2.84 bits per heavy atom. The molecule has 0 unspecified atom stereocenters. The number of rotatable bonds is 4. The van der Waals surface area contributed by atoms with Gasteiger partial charge in [0.1, 0.15) is 5.60 Å². The molecule has 2 saturated heterocycles. The summed E-state index contributed by atoms with van der Waals surface area (Å²) in [7, 11) is 0. The van der Waals surface area contributed by atoms with Crippen molar-refractivity contribution in [3.05, 3.63) is 54.1 Å². The zero-order valence-electron chi connectivity index (χ0n) is 14.3. The molecule has 0 aromatic heterocycles. The van der Waals surface area contributed by atoms with Crippen LogP contribution in [0.25, 0.3) is 0 Å². The van der Waals surface area contributed by atoms with Crippen molar-refractivity contribution in [1.29, 1.82) is 0 Å². The minimum atomic E-state index is -1.23. The van der Waals surface area contributed by atoms with Gasteiger partial charge in [0.25, 0.3) is 0 Å². The van der Waals surface area contributed by atoms with Crippen LogP contribution in [0.5, 0.6) is 0 Å². The number of fused-ring (bicyclic) bond motifs is 1. The Labute approximate surface area is 146 Å². The zero-order chi connectivity index (χ0) is 17.9. The number of carboxylic acids is 1. The number of aryl methyl sites for hydroxylation is 1. The van der Waals surface area contributed by atoms with Crippen LogP contribution in [0.1, 0.15) is 18.9 Å². The van der Waals surface area contributed by atoms with Crippen LogP contribution in [-0.2, 0) is 14.3 Å². The molecule has 5 nitrogen and oxygen atoms in total. The van der Waals surface area contributed by atoms with Crippen LogP contribution in [0, 0.1) is 18.8 Å². The lowest BCUT2D eigenvalue weighted by atomic mass is 9.74. The highest BCUT2D eigenvalue weighted by molar-refractivity contribution is 6.03. The molecule has 1 amide bonds. The summed E-state index contributed by atoms with van der Waals surface area (Å²) in [5.41, 5.74) is 1.79. The van der Waals surface area contributed by atoms with Crippen LogP contribution in [0.15, 0.2) is 48.6 Å². The third kappa shape index (κ3) is 2.12. The Hall–Kier alpha value is -2.40.